The maximum Gasteiger partial charge on any atom is 0.252 e. The Morgan fingerprint density at radius 2 is 0.598 bits per heavy atom. The van der Waals surface area contributed by atoms with Crippen LogP contribution in [0.1, 0.15) is 132 Å². The van der Waals surface area contributed by atoms with Crippen LogP contribution in [0.5, 0.6) is 0 Å². The highest BCUT2D eigenvalue weighted by molar-refractivity contribution is 7.00. The second-order valence-corrected chi connectivity index (χ2v) is 37.0. The molecule has 2 aliphatic heterocycles. The molecule has 0 spiro atoms. The van der Waals surface area contributed by atoms with E-state index in [-0.39, 0.29) is 33.8 Å². The molecule has 4 heteroatoms. The fourth-order valence-corrected chi connectivity index (χ4v) is 18.3. The van der Waals surface area contributed by atoms with E-state index in [1.54, 1.807) is 0 Å². The van der Waals surface area contributed by atoms with Crippen molar-refractivity contribution in [3.63, 3.8) is 0 Å². The van der Waals surface area contributed by atoms with Crippen LogP contribution in [0, 0.1) is 0 Å². The summed E-state index contributed by atoms with van der Waals surface area (Å²) in [7, 11) is 0. The van der Waals surface area contributed by atoms with Crippen LogP contribution in [-0.4, -0.2) is 11.3 Å². The predicted molar refractivity (Wildman–Crippen MR) is 485 cm³/mol. The van der Waals surface area contributed by atoms with E-state index in [1.807, 2.05) is 0 Å². The number of fused-ring (bicyclic) bond motifs is 7. The van der Waals surface area contributed by atoms with Crippen molar-refractivity contribution in [2.24, 2.45) is 0 Å². The number of para-hydroxylation sites is 2. The number of anilines is 6. The van der Waals surface area contributed by atoms with Crippen molar-refractivity contribution in [1.82, 2.24) is 4.57 Å². The Morgan fingerprint density at radius 1 is 0.232 bits per heavy atom. The summed E-state index contributed by atoms with van der Waals surface area (Å²) in [5.41, 5.74) is 33.7. The zero-order valence-electron chi connectivity index (χ0n) is 67.4. The fourth-order valence-electron chi connectivity index (χ4n) is 18.3. The maximum absolute atomic E-state index is 2.77. The summed E-state index contributed by atoms with van der Waals surface area (Å²) >= 11 is 0. The zero-order chi connectivity index (χ0) is 77.2. The van der Waals surface area contributed by atoms with Gasteiger partial charge in [-0.25, -0.2) is 0 Å². The minimum absolute atomic E-state index is 0.0702. The lowest BCUT2D eigenvalue weighted by molar-refractivity contribution is 0.590. The number of rotatable bonds is 9. The van der Waals surface area contributed by atoms with Gasteiger partial charge < -0.3 is 14.4 Å². The van der Waals surface area contributed by atoms with Crippen molar-refractivity contribution in [2.75, 3.05) is 9.80 Å². The van der Waals surface area contributed by atoms with Crippen LogP contribution in [0.4, 0.5) is 34.1 Å². The molecule has 0 amide bonds. The van der Waals surface area contributed by atoms with Gasteiger partial charge in [0, 0.05) is 61.5 Å². The van der Waals surface area contributed by atoms with Gasteiger partial charge in [0.05, 0.1) is 22.4 Å². The first-order valence-electron chi connectivity index (χ1n) is 40.2. The molecule has 3 heterocycles. The molecule has 0 aliphatic carbocycles. The van der Waals surface area contributed by atoms with Crippen LogP contribution in [0.2, 0.25) is 0 Å². The molecule has 19 rings (SSSR count). The first kappa shape index (κ1) is 70.4. The van der Waals surface area contributed by atoms with Gasteiger partial charge in [-0.05, 0) is 227 Å². The van der Waals surface area contributed by atoms with E-state index in [4.69, 9.17) is 0 Å². The highest BCUT2D eigenvalue weighted by atomic mass is 15.2. The van der Waals surface area contributed by atoms with Crippen LogP contribution in [-0.2, 0) is 27.1 Å². The van der Waals surface area contributed by atoms with Crippen LogP contribution >= 0.6 is 0 Å². The van der Waals surface area contributed by atoms with E-state index >= 15 is 0 Å². The molecule has 2 aliphatic rings. The Hall–Kier alpha value is -12.0. The Bertz CT molecular complexity index is 6430. The van der Waals surface area contributed by atoms with E-state index in [0.717, 1.165) is 84.3 Å². The van der Waals surface area contributed by atoms with Crippen LogP contribution in [0.25, 0.3) is 127 Å². The zero-order valence-corrected chi connectivity index (χ0v) is 67.4. The van der Waals surface area contributed by atoms with Gasteiger partial charge in [0.2, 0.25) is 0 Å². The summed E-state index contributed by atoms with van der Waals surface area (Å²) in [6.45, 7) is 35.1. The average Bonchev–Trinajstić information content (AvgIpc) is 0.706. The van der Waals surface area contributed by atoms with Crippen LogP contribution in [0.3, 0.4) is 0 Å². The Balaban J connectivity index is 1.02. The van der Waals surface area contributed by atoms with Crippen molar-refractivity contribution >= 4 is 111 Å². The molecule has 0 radical (unpaired) electrons. The lowest BCUT2D eigenvalue weighted by Gasteiger charge is -2.46. The van der Waals surface area contributed by atoms with Gasteiger partial charge in [0.15, 0.2) is 0 Å². The molecule has 546 valence electrons. The quantitative estimate of drug-likeness (QED) is 0.105. The Kier molecular flexibility index (Phi) is 16.2. The molecule has 0 unspecified atom stereocenters. The normalized spacial score (nSPS) is 13.3. The van der Waals surface area contributed by atoms with Gasteiger partial charge in [0.25, 0.3) is 6.71 Å². The summed E-state index contributed by atoms with van der Waals surface area (Å²) in [5, 5.41) is 10.2. The van der Waals surface area contributed by atoms with E-state index in [2.05, 4.69) is 428 Å². The summed E-state index contributed by atoms with van der Waals surface area (Å²) in [6, 6.07) is 120. The number of benzene rings is 16. The van der Waals surface area contributed by atoms with Crippen molar-refractivity contribution in [3.8, 4) is 72.4 Å². The van der Waals surface area contributed by atoms with Gasteiger partial charge in [-0.2, -0.15) is 0 Å². The molecule has 1 aromatic heterocycles. The molecular formula is C108H96BN3. The Labute approximate surface area is 661 Å². The van der Waals surface area contributed by atoms with Crippen molar-refractivity contribution in [2.45, 2.75) is 131 Å². The highest BCUT2D eigenvalue weighted by Gasteiger charge is 2.46. The van der Waals surface area contributed by atoms with Crippen LogP contribution in [0.15, 0.2) is 309 Å². The summed E-state index contributed by atoms with van der Waals surface area (Å²) < 4.78 is 2.52. The molecular weight excluding hydrogens is 1350 g/mol. The minimum atomic E-state index is -0.274. The third-order valence-electron chi connectivity index (χ3n) is 24.4. The van der Waals surface area contributed by atoms with Crippen LogP contribution < -0.4 is 26.2 Å². The van der Waals surface area contributed by atoms with E-state index in [0.29, 0.717) is 0 Å². The van der Waals surface area contributed by atoms with Crippen molar-refractivity contribution < 1.29 is 0 Å². The molecule has 0 fully saturated rings. The Morgan fingerprint density at radius 3 is 1.04 bits per heavy atom. The summed E-state index contributed by atoms with van der Waals surface area (Å²) in [4.78, 5) is 5.51. The van der Waals surface area contributed by atoms with Gasteiger partial charge in [-0.3, -0.25) is 0 Å². The number of aromatic nitrogens is 1. The van der Waals surface area contributed by atoms with E-state index in [9.17, 15) is 0 Å². The minimum Gasteiger partial charge on any atom is -0.310 e. The topological polar surface area (TPSA) is 11.4 Å². The monoisotopic (exact) mass is 1450 g/mol. The third-order valence-corrected chi connectivity index (χ3v) is 24.4. The first-order chi connectivity index (χ1) is 53.7. The SMILES string of the molecule is CC(C)(C)c1ccc(-c2cc3c4c(c2)N(c2c(-c5ccccc5)cc(C(C)(C)C)cc2-c2ccccc2)c2cc(-n5c6ccccc6c6ccccc65)ccc2B4c2ccc(-c4cc5cc(C(C)(C)C)cc6ccc7cc(C(C)(C)C)cc4c7c65)cc2N3c2c(-c3ccccc3)cc(C(C)(C)C)cc2-c2ccccc2)cc1. The molecule has 3 nitrogen and oxygen atoms in total. The van der Waals surface area contributed by atoms with Gasteiger partial charge in [-0.1, -0.05) is 334 Å². The van der Waals surface area contributed by atoms with E-state index in [1.165, 1.54) is 121 Å². The molecule has 0 bridgehead atoms. The molecule has 0 saturated heterocycles. The smallest absolute Gasteiger partial charge is 0.252 e. The van der Waals surface area contributed by atoms with Gasteiger partial charge >= 0.3 is 0 Å². The predicted octanol–water partition coefficient (Wildman–Crippen LogP) is 28.3. The molecule has 17 aromatic rings. The van der Waals surface area contributed by atoms with Crippen molar-refractivity contribution in [1.29, 1.82) is 0 Å². The first-order valence-corrected chi connectivity index (χ1v) is 40.2. The highest BCUT2D eigenvalue weighted by Crippen LogP contribution is 2.57. The lowest BCUT2D eigenvalue weighted by atomic mass is 9.33. The lowest BCUT2D eigenvalue weighted by Crippen LogP contribution is -2.61. The molecule has 112 heavy (non-hydrogen) atoms. The van der Waals surface area contributed by atoms with E-state index < -0.39 is 0 Å². The molecule has 0 saturated carbocycles. The number of hydrogen-bond acceptors (Lipinski definition) is 2. The summed E-state index contributed by atoms with van der Waals surface area (Å²) in [5.74, 6) is 0. The van der Waals surface area contributed by atoms with Gasteiger partial charge in [0.1, 0.15) is 0 Å². The fraction of sp³-hybridized carbons (Fsp3) is 0.185. The molecule has 16 aromatic carbocycles. The average molecular weight is 1450 g/mol. The van der Waals surface area contributed by atoms with Gasteiger partial charge in [-0.15, -0.1) is 0 Å². The summed E-state index contributed by atoms with van der Waals surface area (Å²) in [6.07, 6.45) is 0. The largest absolute Gasteiger partial charge is 0.310 e. The maximum atomic E-state index is 2.77. The number of hydrogen-bond donors (Lipinski definition) is 0. The number of nitrogens with zero attached hydrogens (tertiary/aromatic N) is 3. The molecule has 0 N–H and O–H groups in total. The second-order valence-electron chi connectivity index (χ2n) is 37.0. The second kappa shape index (κ2) is 25.8. The standard InChI is InChI=1S/C108H96BN3/c1-104(2,3)77-49-46-67(47-50-77)75-59-97-101-98(60-75)112(103-88(70-36-24-18-25-37-70)63-81(108(13,14)15)64-89(103)71-38-26-19-27-39-71)96-66-82(110-93-42-30-28-40-83(93)84-41-29-31-43-94(84)110)51-53-92(96)109(101)91-52-48-72(85-57-76-56-78(105(4,5)6)54-73-44-45-74-55-79(106(7,8)9)65-90(85)100(74)99(73)76)58-95(91)111(97)102-86(68-32-20-16-21-33-68)61-80(107(10,11)12)62-87(102)69-34-22-17-23-35-69/h16-66H,1-15H3. The third kappa shape index (κ3) is 11.7. The molecule has 0 atom stereocenters. The van der Waals surface area contributed by atoms with Crippen molar-refractivity contribution in [3.05, 3.63) is 337 Å².